The number of hydrogen-bond acceptors (Lipinski definition) is 3. The lowest BCUT2D eigenvalue weighted by atomic mass is 9.98. The van der Waals surface area contributed by atoms with Crippen LogP contribution < -0.4 is 5.73 Å². The van der Waals surface area contributed by atoms with Crippen molar-refractivity contribution >= 4 is 11.3 Å². The first-order valence-electron chi connectivity index (χ1n) is 4.18. The summed E-state index contributed by atoms with van der Waals surface area (Å²) >= 11 is 1.78. The second kappa shape index (κ2) is 2.55. The molecule has 66 valence electrons. The smallest absolute Gasteiger partial charge is 0.103 e. The lowest BCUT2D eigenvalue weighted by Crippen LogP contribution is -2.31. The van der Waals surface area contributed by atoms with E-state index in [0.717, 1.165) is 18.4 Å². The van der Waals surface area contributed by atoms with E-state index in [1.54, 1.807) is 11.3 Å². The van der Waals surface area contributed by atoms with Gasteiger partial charge in [0.2, 0.25) is 0 Å². The van der Waals surface area contributed by atoms with Gasteiger partial charge < -0.3 is 10.8 Å². The molecule has 2 nitrogen and oxygen atoms in total. The van der Waals surface area contributed by atoms with Crippen LogP contribution in [0.2, 0.25) is 0 Å². The van der Waals surface area contributed by atoms with E-state index in [0.29, 0.717) is 6.54 Å². The molecule has 2 rings (SSSR count). The summed E-state index contributed by atoms with van der Waals surface area (Å²) in [6, 6.07) is 2.07. The first-order chi connectivity index (χ1) is 5.65. The van der Waals surface area contributed by atoms with Gasteiger partial charge in [0.15, 0.2) is 0 Å². The van der Waals surface area contributed by atoms with Crippen LogP contribution in [0.4, 0.5) is 0 Å². The molecule has 1 aromatic heterocycles. The van der Waals surface area contributed by atoms with Gasteiger partial charge in [0, 0.05) is 16.3 Å². The minimum absolute atomic E-state index is 0.343. The Morgan fingerprint density at radius 3 is 3.17 bits per heavy atom. The average Bonchev–Trinajstić information content (AvgIpc) is 2.53. The van der Waals surface area contributed by atoms with Crippen molar-refractivity contribution in [1.29, 1.82) is 0 Å². The molecule has 0 radical (unpaired) electrons. The van der Waals surface area contributed by atoms with Crippen LogP contribution in [0.1, 0.15) is 21.7 Å². The lowest BCUT2D eigenvalue weighted by molar-refractivity contribution is 0.0481. The van der Waals surface area contributed by atoms with Gasteiger partial charge in [-0.05, 0) is 31.4 Å². The van der Waals surface area contributed by atoms with Crippen LogP contribution in [0, 0.1) is 6.92 Å². The van der Waals surface area contributed by atoms with Crippen LogP contribution in [0.15, 0.2) is 6.07 Å². The van der Waals surface area contributed by atoms with Gasteiger partial charge in [0.25, 0.3) is 0 Å². The zero-order chi connectivity index (χ0) is 8.77. The molecular formula is C9H13NOS. The first kappa shape index (κ1) is 8.23. The molecule has 3 N–H and O–H groups in total. The van der Waals surface area contributed by atoms with Crippen molar-refractivity contribution in [2.45, 2.75) is 25.4 Å². The topological polar surface area (TPSA) is 46.2 Å². The molecular weight excluding hydrogens is 170 g/mol. The second-order valence-corrected chi connectivity index (χ2v) is 4.77. The van der Waals surface area contributed by atoms with Gasteiger partial charge >= 0.3 is 0 Å². The summed E-state index contributed by atoms with van der Waals surface area (Å²) in [6.45, 7) is 2.41. The fraction of sp³-hybridized carbons (Fsp3) is 0.556. The van der Waals surface area contributed by atoms with Crippen LogP contribution in [-0.4, -0.2) is 11.7 Å². The number of aryl methyl sites for hydroxylation is 2. The maximum atomic E-state index is 10.0. The summed E-state index contributed by atoms with van der Waals surface area (Å²) < 4.78 is 0. The minimum Gasteiger partial charge on any atom is -0.384 e. The van der Waals surface area contributed by atoms with Crippen LogP contribution in [0.25, 0.3) is 0 Å². The molecule has 0 saturated carbocycles. The zero-order valence-electron chi connectivity index (χ0n) is 7.13. The van der Waals surface area contributed by atoms with Crippen molar-refractivity contribution in [1.82, 2.24) is 0 Å². The summed E-state index contributed by atoms with van der Waals surface area (Å²) in [5, 5.41) is 10.0. The second-order valence-electron chi connectivity index (χ2n) is 3.43. The van der Waals surface area contributed by atoms with Crippen molar-refractivity contribution < 1.29 is 5.11 Å². The standard InChI is InChI=1S/C9H13NOS/c1-6-4-7-8(12-6)2-3-9(7,11)5-10/h4,11H,2-3,5,10H2,1H3. The maximum Gasteiger partial charge on any atom is 0.103 e. The lowest BCUT2D eigenvalue weighted by Gasteiger charge is -2.20. The van der Waals surface area contributed by atoms with E-state index in [1.165, 1.54) is 9.75 Å². The summed E-state index contributed by atoms with van der Waals surface area (Å²) in [4.78, 5) is 2.59. The van der Waals surface area contributed by atoms with Crippen molar-refractivity contribution in [3.63, 3.8) is 0 Å². The number of aliphatic hydroxyl groups is 1. The van der Waals surface area contributed by atoms with Crippen LogP contribution >= 0.6 is 11.3 Å². The molecule has 0 spiro atoms. The predicted molar refractivity (Wildman–Crippen MR) is 50.3 cm³/mol. The molecule has 3 heteroatoms. The van der Waals surface area contributed by atoms with E-state index < -0.39 is 5.60 Å². The third kappa shape index (κ3) is 1.01. The highest BCUT2D eigenvalue weighted by molar-refractivity contribution is 7.12. The maximum absolute atomic E-state index is 10.0. The van der Waals surface area contributed by atoms with Gasteiger partial charge in [-0.3, -0.25) is 0 Å². The summed E-state index contributed by atoms with van der Waals surface area (Å²) in [7, 11) is 0. The number of thiophene rings is 1. The van der Waals surface area contributed by atoms with Crippen molar-refractivity contribution in [2.24, 2.45) is 5.73 Å². The molecule has 1 atom stereocenters. The van der Waals surface area contributed by atoms with E-state index in [9.17, 15) is 5.11 Å². The summed E-state index contributed by atoms with van der Waals surface area (Å²) in [6.07, 6.45) is 1.78. The van der Waals surface area contributed by atoms with Gasteiger partial charge in [-0.25, -0.2) is 0 Å². The average molecular weight is 183 g/mol. The van der Waals surface area contributed by atoms with Crippen LogP contribution in [-0.2, 0) is 12.0 Å². The van der Waals surface area contributed by atoms with Crippen molar-refractivity contribution in [2.75, 3.05) is 6.54 Å². The molecule has 12 heavy (non-hydrogen) atoms. The molecule has 1 aliphatic rings. The third-order valence-electron chi connectivity index (χ3n) is 2.54. The summed E-state index contributed by atoms with van der Waals surface area (Å²) in [5.41, 5.74) is 5.90. The Kier molecular flexibility index (Phi) is 1.75. The predicted octanol–water partition coefficient (Wildman–Crippen LogP) is 1.15. The molecule has 0 aliphatic heterocycles. The van der Waals surface area contributed by atoms with Gasteiger partial charge in [-0.15, -0.1) is 11.3 Å². The highest BCUT2D eigenvalue weighted by Crippen LogP contribution is 2.40. The van der Waals surface area contributed by atoms with Gasteiger partial charge in [-0.2, -0.15) is 0 Å². The summed E-state index contributed by atoms with van der Waals surface area (Å²) in [5.74, 6) is 0. The monoisotopic (exact) mass is 183 g/mol. The number of nitrogens with two attached hydrogens (primary N) is 1. The molecule has 1 aromatic rings. The highest BCUT2D eigenvalue weighted by atomic mass is 32.1. The SMILES string of the molecule is Cc1cc2c(s1)CCC2(O)CN. The van der Waals surface area contributed by atoms with E-state index in [-0.39, 0.29) is 0 Å². The largest absolute Gasteiger partial charge is 0.384 e. The molecule has 0 amide bonds. The Bertz CT molecular complexity index is 307. The fourth-order valence-electron chi connectivity index (χ4n) is 1.81. The van der Waals surface area contributed by atoms with Crippen LogP contribution in [0.3, 0.4) is 0 Å². The molecule has 1 unspecified atom stereocenters. The van der Waals surface area contributed by atoms with E-state index in [1.807, 2.05) is 0 Å². The highest BCUT2D eigenvalue weighted by Gasteiger charge is 2.36. The van der Waals surface area contributed by atoms with E-state index >= 15 is 0 Å². The fourth-order valence-corrected chi connectivity index (χ4v) is 2.94. The Balaban J connectivity index is 2.47. The van der Waals surface area contributed by atoms with Crippen LogP contribution in [0.5, 0.6) is 0 Å². The normalized spacial score (nSPS) is 27.6. The molecule has 0 aromatic carbocycles. The Morgan fingerprint density at radius 2 is 2.50 bits per heavy atom. The molecule has 0 bridgehead atoms. The zero-order valence-corrected chi connectivity index (χ0v) is 7.95. The number of rotatable bonds is 1. The number of hydrogen-bond donors (Lipinski definition) is 2. The molecule has 1 aliphatic carbocycles. The first-order valence-corrected chi connectivity index (χ1v) is 4.99. The Labute approximate surface area is 76.0 Å². The molecule has 0 fully saturated rings. The van der Waals surface area contributed by atoms with E-state index in [2.05, 4.69) is 13.0 Å². The van der Waals surface area contributed by atoms with Gasteiger partial charge in [0.1, 0.15) is 5.60 Å². The van der Waals surface area contributed by atoms with Crippen molar-refractivity contribution in [3.8, 4) is 0 Å². The molecule has 1 heterocycles. The van der Waals surface area contributed by atoms with Gasteiger partial charge in [0.05, 0.1) is 0 Å². The minimum atomic E-state index is -0.722. The Hall–Kier alpha value is -0.380. The molecule has 0 saturated heterocycles. The number of fused-ring (bicyclic) bond motifs is 1. The van der Waals surface area contributed by atoms with Crippen molar-refractivity contribution in [3.05, 3.63) is 21.4 Å². The van der Waals surface area contributed by atoms with Gasteiger partial charge in [-0.1, -0.05) is 0 Å². The Morgan fingerprint density at radius 1 is 1.75 bits per heavy atom. The van der Waals surface area contributed by atoms with E-state index in [4.69, 9.17) is 5.73 Å². The third-order valence-corrected chi connectivity index (χ3v) is 3.65. The quantitative estimate of drug-likeness (QED) is 0.686.